The van der Waals surface area contributed by atoms with Crippen LogP contribution in [0.4, 0.5) is 5.69 Å². The normalized spacial score (nSPS) is 10.3. The lowest BCUT2D eigenvalue weighted by Gasteiger charge is -2.07. The molecule has 0 fully saturated rings. The van der Waals surface area contributed by atoms with Gasteiger partial charge in [-0.15, -0.1) is 0 Å². The van der Waals surface area contributed by atoms with Crippen molar-refractivity contribution < 1.29 is 15.0 Å². The number of phenols is 2. The lowest BCUT2D eigenvalue weighted by molar-refractivity contribution is 0.102. The zero-order chi connectivity index (χ0) is 13.3. The van der Waals surface area contributed by atoms with Gasteiger partial charge in [-0.3, -0.25) is 9.89 Å². The first kappa shape index (κ1) is 12.0. The highest BCUT2D eigenvalue weighted by Gasteiger charge is 2.15. The van der Waals surface area contributed by atoms with E-state index in [4.69, 9.17) is 5.11 Å². The van der Waals surface area contributed by atoms with Gasteiger partial charge in [0.05, 0.1) is 22.6 Å². The van der Waals surface area contributed by atoms with E-state index in [1.165, 1.54) is 12.1 Å². The highest BCUT2D eigenvalue weighted by Crippen LogP contribution is 2.24. The molecule has 0 saturated carbocycles. The van der Waals surface area contributed by atoms with E-state index in [1.54, 1.807) is 13.8 Å². The molecule has 0 aliphatic heterocycles. The van der Waals surface area contributed by atoms with Gasteiger partial charge >= 0.3 is 0 Å². The standard InChI is InChI=1S/C12H13N3O3/c1-6-11(7(2)15-14-6)13-12(18)9-4-3-8(16)5-10(9)17/h3-5,16-17H,1-2H3,(H,13,18)(H,14,15). The SMILES string of the molecule is Cc1n[nH]c(C)c1NC(=O)c1ccc(O)cc1O. The Kier molecular flexibility index (Phi) is 2.93. The number of anilines is 1. The number of aryl methyl sites for hydroxylation is 2. The second-order valence-electron chi connectivity index (χ2n) is 3.96. The van der Waals surface area contributed by atoms with Crippen LogP contribution in [0, 0.1) is 13.8 Å². The first-order valence-corrected chi connectivity index (χ1v) is 5.34. The third-order valence-corrected chi connectivity index (χ3v) is 2.59. The van der Waals surface area contributed by atoms with Gasteiger partial charge in [-0.1, -0.05) is 0 Å². The van der Waals surface area contributed by atoms with Crippen molar-refractivity contribution in [3.05, 3.63) is 35.2 Å². The molecule has 0 spiro atoms. The van der Waals surface area contributed by atoms with Crippen LogP contribution in [0.5, 0.6) is 11.5 Å². The fourth-order valence-corrected chi connectivity index (χ4v) is 1.63. The molecule has 1 aromatic heterocycles. The van der Waals surface area contributed by atoms with E-state index < -0.39 is 5.91 Å². The molecule has 1 amide bonds. The number of nitrogens with one attached hydrogen (secondary N) is 2. The van der Waals surface area contributed by atoms with E-state index in [9.17, 15) is 9.90 Å². The number of aromatic nitrogens is 2. The number of carbonyl (C=O) groups is 1. The molecule has 1 heterocycles. The van der Waals surface area contributed by atoms with Crippen molar-refractivity contribution in [1.82, 2.24) is 10.2 Å². The second kappa shape index (κ2) is 4.40. The molecule has 0 bridgehead atoms. The first-order valence-electron chi connectivity index (χ1n) is 5.34. The number of hydrogen-bond donors (Lipinski definition) is 4. The van der Waals surface area contributed by atoms with Crippen LogP contribution < -0.4 is 5.32 Å². The summed E-state index contributed by atoms with van der Waals surface area (Å²) in [5.74, 6) is -0.828. The molecule has 0 atom stereocenters. The van der Waals surface area contributed by atoms with Gasteiger partial charge < -0.3 is 15.5 Å². The third kappa shape index (κ3) is 2.13. The summed E-state index contributed by atoms with van der Waals surface area (Å²) in [6.07, 6.45) is 0. The molecule has 6 heteroatoms. The summed E-state index contributed by atoms with van der Waals surface area (Å²) >= 11 is 0. The number of carbonyl (C=O) groups excluding carboxylic acids is 1. The van der Waals surface area contributed by atoms with Crippen LogP contribution in [0.1, 0.15) is 21.7 Å². The topological polar surface area (TPSA) is 98.2 Å². The van der Waals surface area contributed by atoms with E-state index >= 15 is 0 Å². The van der Waals surface area contributed by atoms with Gasteiger partial charge in [0, 0.05) is 6.07 Å². The summed E-state index contributed by atoms with van der Waals surface area (Å²) < 4.78 is 0. The summed E-state index contributed by atoms with van der Waals surface area (Å²) in [6.45, 7) is 3.54. The molecule has 1 aromatic carbocycles. The van der Waals surface area contributed by atoms with Crippen molar-refractivity contribution in [2.75, 3.05) is 5.32 Å². The predicted octanol–water partition coefficient (Wildman–Crippen LogP) is 1.69. The molecule has 94 valence electrons. The molecule has 2 aromatic rings. The zero-order valence-electron chi connectivity index (χ0n) is 9.98. The fraction of sp³-hybridized carbons (Fsp3) is 0.167. The molecule has 0 aliphatic rings. The summed E-state index contributed by atoms with van der Waals surface area (Å²) in [5, 5.41) is 28.1. The maximum absolute atomic E-state index is 12.0. The second-order valence-corrected chi connectivity index (χ2v) is 3.96. The van der Waals surface area contributed by atoms with Gasteiger partial charge in [0.25, 0.3) is 5.91 Å². The summed E-state index contributed by atoms with van der Waals surface area (Å²) in [5.41, 5.74) is 2.08. The van der Waals surface area contributed by atoms with Gasteiger partial charge in [-0.25, -0.2) is 0 Å². The number of amides is 1. The Balaban J connectivity index is 2.28. The smallest absolute Gasteiger partial charge is 0.259 e. The summed E-state index contributed by atoms with van der Waals surface area (Å²) in [7, 11) is 0. The number of nitrogens with zero attached hydrogens (tertiary/aromatic N) is 1. The van der Waals surface area contributed by atoms with Crippen molar-refractivity contribution in [3.8, 4) is 11.5 Å². The number of hydrogen-bond acceptors (Lipinski definition) is 4. The highest BCUT2D eigenvalue weighted by atomic mass is 16.3. The molecule has 0 unspecified atom stereocenters. The van der Waals surface area contributed by atoms with E-state index in [-0.39, 0.29) is 17.1 Å². The van der Waals surface area contributed by atoms with Crippen molar-refractivity contribution in [2.24, 2.45) is 0 Å². The largest absolute Gasteiger partial charge is 0.508 e. The van der Waals surface area contributed by atoms with Crippen LogP contribution in [0.25, 0.3) is 0 Å². The Labute approximate surface area is 103 Å². The molecule has 0 radical (unpaired) electrons. The highest BCUT2D eigenvalue weighted by molar-refractivity contribution is 6.06. The molecular formula is C12H13N3O3. The Hall–Kier alpha value is -2.50. The van der Waals surface area contributed by atoms with Crippen LogP contribution in [0.2, 0.25) is 0 Å². The van der Waals surface area contributed by atoms with Crippen molar-refractivity contribution in [3.63, 3.8) is 0 Å². The number of H-pyrrole nitrogens is 1. The molecule has 0 aliphatic carbocycles. The Morgan fingerprint density at radius 2 is 2.06 bits per heavy atom. The predicted molar refractivity (Wildman–Crippen MR) is 65.8 cm³/mol. The summed E-state index contributed by atoms with van der Waals surface area (Å²) in [4.78, 5) is 12.0. The van der Waals surface area contributed by atoms with Crippen LogP contribution in [0.15, 0.2) is 18.2 Å². The lowest BCUT2D eigenvalue weighted by Crippen LogP contribution is -2.13. The zero-order valence-corrected chi connectivity index (χ0v) is 9.98. The molecule has 0 saturated heterocycles. The third-order valence-electron chi connectivity index (χ3n) is 2.59. The maximum atomic E-state index is 12.0. The minimum atomic E-state index is -0.458. The Morgan fingerprint density at radius 3 is 2.61 bits per heavy atom. The average Bonchev–Trinajstić information content (AvgIpc) is 2.60. The molecule has 18 heavy (non-hydrogen) atoms. The Morgan fingerprint density at radius 1 is 1.33 bits per heavy atom. The molecule has 2 rings (SSSR count). The van der Waals surface area contributed by atoms with Gasteiger partial charge in [-0.2, -0.15) is 5.10 Å². The fourth-order valence-electron chi connectivity index (χ4n) is 1.63. The van der Waals surface area contributed by atoms with E-state index in [2.05, 4.69) is 15.5 Å². The number of rotatable bonds is 2. The molecular weight excluding hydrogens is 234 g/mol. The van der Waals surface area contributed by atoms with E-state index in [1.807, 2.05) is 0 Å². The number of aromatic hydroxyl groups is 2. The molecule has 6 nitrogen and oxygen atoms in total. The number of aromatic amines is 1. The summed E-state index contributed by atoms with van der Waals surface area (Å²) in [6, 6.07) is 3.80. The van der Waals surface area contributed by atoms with Crippen LogP contribution >= 0.6 is 0 Å². The van der Waals surface area contributed by atoms with Gasteiger partial charge in [-0.05, 0) is 26.0 Å². The van der Waals surface area contributed by atoms with E-state index in [0.717, 1.165) is 11.8 Å². The van der Waals surface area contributed by atoms with Gasteiger partial charge in [0.1, 0.15) is 11.5 Å². The van der Waals surface area contributed by atoms with Crippen molar-refractivity contribution >= 4 is 11.6 Å². The monoisotopic (exact) mass is 247 g/mol. The number of phenolic OH excluding ortho intramolecular Hbond substituents is 2. The van der Waals surface area contributed by atoms with Crippen molar-refractivity contribution in [1.29, 1.82) is 0 Å². The quantitative estimate of drug-likeness (QED) is 0.649. The first-order chi connectivity index (χ1) is 8.49. The maximum Gasteiger partial charge on any atom is 0.259 e. The van der Waals surface area contributed by atoms with Gasteiger partial charge in [0.2, 0.25) is 0 Å². The van der Waals surface area contributed by atoms with Crippen LogP contribution in [-0.2, 0) is 0 Å². The average molecular weight is 247 g/mol. The lowest BCUT2D eigenvalue weighted by atomic mass is 10.1. The van der Waals surface area contributed by atoms with Crippen molar-refractivity contribution in [2.45, 2.75) is 13.8 Å². The minimum Gasteiger partial charge on any atom is -0.508 e. The minimum absolute atomic E-state index is 0.0906. The number of benzene rings is 1. The molecule has 4 N–H and O–H groups in total. The van der Waals surface area contributed by atoms with Crippen LogP contribution in [0.3, 0.4) is 0 Å². The van der Waals surface area contributed by atoms with Gasteiger partial charge in [0.15, 0.2) is 0 Å². The van der Waals surface area contributed by atoms with Crippen LogP contribution in [-0.4, -0.2) is 26.3 Å². The van der Waals surface area contributed by atoms with E-state index in [0.29, 0.717) is 11.4 Å². The Bertz CT molecular complexity index is 585.